The molecule has 0 spiro atoms. The zero-order chi connectivity index (χ0) is 15.6. The van der Waals surface area contributed by atoms with E-state index in [9.17, 15) is 4.79 Å². The van der Waals surface area contributed by atoms with Gasteiger partial charge >= 0.3 is 0 Å². The Bertz CT molecular complexity index is 715. The molecule has 2 aromatic rings. The largest absolute Gasteiger partial charge is 0.336 e. The summed E-state index contributed by atoms with van der Waals surface area (Å²) >= 11 is 0. The van der Waals surface area contributed by atoms with Gasteiger partial charge in [0.1, 0.15) is 0 Å². The second-order valence-corrected chi connectivity index (χ2v) is 6.77. The number of aryl methyl sites for hydroxylation is 2. The number of nitrogens with zero attached hydrogens (tertiary/aromatic N) is 5. The van der Waals surface area contributed by atoms with Crippen molar-refractivity contribution in [2.24, 2.45) is 5.92 Å². The topological polar surface area (TPSA) is 56.0 Å². The smallest absolute Gasteiger partial charge is 0.267 e. The zero-order valence-corrected chi connectivity index (χ0v) is 13.4. The Morgan fingerprint density at radius 1 is 1.17 bits per heavy atom. The molecule has 0 bridgehead atoms. The van der Waals surface area contributed by atoms with E-state index < -0.39 is 0 Å². The van der Waals surface area contributed by atoms with E-state index in [1.54, 1.807) is 4.68 Å². The molecule has 0 atom stereocenters. The molecule has 2 aliphatic rings. The summed E-state index contributed by atoms with van der Waals surface area (Å²) in [5.74, 6) is 0.546. The summed E-state index contributed by atoms with van der Waals surface area (Å²) in [4.78, 5) is 18.7. The van der Waals surface area contributed by atoms with Crippen molar-refractivity contribution in [2.75, 3.05) is 19.6 Å². The fourth-order valence-corrected chi connectivity index (χ4v) is 3.63. The first kappa shape index (κ1) is 14.6. The molecule has 4 rings (SSSR count). The molecule has 1 saturated heterocycles. The van der Waals surface area contributed by atoms with Crippen molar-refractivity contribution in [1.82, 2.24) is 24.2 Å². The van der Waals surface area contributed by atoms with Crippen LogP contribution in [0.4, 0.5) is 0 Å². The summed E-state index contributed by atoms with van der Waals surface area (Å²) in [7, 11) is 0. The lowest BCUT2D eigenvalue weighted by molar-refractivity contribution is 0.0803. The van der Waals surface area contributed by atoms with Crippen LogP contribution in [0.2, 0.25) is 0 Å². The first-order valence-electron chi connectivity index (χ1n) is 8.56. The molecule has 6 nitrogen and oxygen atoms in total. The van der Waals surface area contributed by atoms with Gasteiger partial charge in [-0.1, -0.05) is 0 Å². The number of aromatic nitrogens is 4. The van der Waals surface area contributed by atoms with Crippen molar-refractivity contribution in [3.05, 3.63) is 46.4 Å². The molecule has 1 aliphatic carbocycles. The van der Waals surface area contributed by atoms with E-state index in [-0.39, 0.29) is 5.56 Å². The van der Waals surface area contributed by atoms with Crippen molar-refractivity contribution in [1.29, 1.82) is 0 Å². The maximum Gasteiger partial charge on any atom is 0.267 e. The lowest BCUT2D eigenvalue weighted by atomic mass is 9.96. The van der Waals surface area contributed by atoms with Gasteiger partial charge in [-0.3, -0.25) is 4.79 Å². The standard InChI is InChI=1S/C17H23N5O/c23-17-9-15-3-1-2-4-16(15)19-22(17)12-14-10-21(11-14)8-7-20-6-5-18-13-20/h5-6,9,13-14H,1-4,7-8,10-12H2. The first-order chi connectivity index (χ1) is 11.3. The Balaban J connectivity index is 1.31. The SMILES string of the molecule is O=c1cc2c(nn1CC1CN(CCn3ccnc3)C1)CCCC2. The number of imidazole rings is 1. The third-order valence-corrected chi connectivity index (χ3v) is 4.97. The van der Waals surface area contributed by atoms with E-state index in [0.717, 1.165) is 51.3 Å². The summed E-state index contributed by atoms with van der Waals surface area (Å²) in [6, 6.07) is 1.82. The van der Waals surface area contributed by atoms with Crippen LogP contribution in [-0.2, 0) is 25.9 Å². The highest BCUT2D eigenvalue weighted by molar-refractivity contribution is 5.20. The summed E-state index contributed by atoms with van der Waals surface area (Å²) < 4.78 is 3.80. The van der Waals surface area contributed by atoms with Crippen LogP contribution in [0.1, 0.15) is 24.1 Å². The summed E-state index contributed by atoms with van der Waals surface area (Å²) in [6.45, 7) is 4.89. The van der Waals surface area contributed by atoms with Gasteiger partial charge in [0.15, 0.2) is 0 Å². The molecular weight excluding hydrogens is 290 g/mol. The van der Waals surface area contributed by atoms with Crippen LogP contribution in [0, 0.1) is 5.92 Å². The monoisotopic (exact) mass is 313 g/mol. The molecule has 6 heteroatoms. The van der Waals surface area contributed by atoms with E-state index in [2.05, 4.69) is 19.5 Å². The molecule has 1 aliphatic heterocycles. The molecule has 2 aromatic heterocycles. The van der Waals surface area contributed by atoms with Crippen LogP contribution in [0.15, 0.2) is 29.6 Å². The average molecular weight is 313 g/mol. The second-order valence-electron chi connectivity index (χ2n) is 6.77. The van der Waals surface area contributed by atoms with Gasteiger partial charge in [0.05, 0.1) is 18.6 Å². The average Bonchev–Trinajstić information content (AvgIpc) is 3.03. The van der Waals surface area contributed by atoms with Gasteiger partial charge in [-0.15, -0.1) is 0 Å². The fourth-order valence-electron chi connectivity index (χ4n) is 3.63. The Labute approximate surface area is 135 Å². The van der Waals surface area contributed by atoms with Gasteiger partial charge in [-0.05, 0) is 31.2 Å². The number of likely N-dealkylation sites (tertiary alicyclic amines) is 1. The molecular formula is C17H23N5O. The maximum absolute atomic E-state index is 12.2. The molecule has 0 saturated carbocycles. The molecule has 0 aromatic carbocycles. The minimum absolute atomic E-state index is 0.0718. The van der Waals surface area contributed by atoms with Gasteiger partial charge in [-0.25, -0.2) is 9.67 Å². The number of hydrogen-bond acceptors (Lipinski definition) is 4. The maximum atomic E-state index is 12.2. The highest BCUT2D eigenvalue weighted by atomic mass is 16.1. The van der Waals surface area contributed by atoms with Gasteiger partial charge in [0.2, 0.25) is 0 Å². The van der Waals surface area contributed by atoms with Crippen molar-refractivity contribution in [3.63, 3.8) is 0 Å². The van der Waals surface area contributed by atoms with Gasteiger partial charge in [0, 0.05) is 50.6 Å². The number of fused-ring (bicyclic) bond motifs is 1. The van der Waals surface area contributed by atoms with Crippen LogP contribution < -0.4 is 5.56 Å². The van der Waals surface area contributed by atoms with Crippen molar-refractivity contribution in [3.8, 4) is 0 Å². The van der Waals surface area contributed by atoms with Crippen LogP contribution in [0.25, 0.3) is 0 Å². The molecule has 122 valence electrons. The van der Waals surface area contributed by atoms with Crippen LogP contribution in [0.5, 0.6) is 0 Å². The molecule has 23 heavy (non-hydrogen) atoms. The van der Waals surface area contributed by atoms with Crippen LogP contribution in [0.3, 0.4) is 0 Å². The Morgan fingerprint density at radius 2 is 2.04 bits per heavy atom. The lowest BCUT2D eigenvalue weighted by Crippen LogP contribution is -2.50. The van der Waals surface area contributed by atoms with Crippen molar-refractivity contribution in [2.45, 2.75) is 38.8 Å². The molecule has 1 fully saturated rings. The Kier molecular flexibility index (Phi) is 3.99. The Morgan fingerprint density at radius 3 is 2.87 bits per heavy atom. The quantitative estimate of drug-likeness (QED) is 0.825. The fraction of sp³-hybridized carbons (Fsp3) is 0.588. The van der Waals surface area contributed by atoms with Gasteiger partial charge in [-0.2, -0.15) is 5.10 Å². The highest BCUT2D eigenvalue weighted by Crippen LogP contribution is 2.19. The summed E-state index contributed by atoms with van der Waals surface area (Å²) in [5, 5.41) is 4.62. The van der Waals surface area contributed by atoms with Gasteiger partial charge in [0.25, 0.3) is 5.56 Å². The van der Waals surface area contributed by atoms with Crippen molar-refractivity contribution < 1.29 is 0 Å². The summed E-state index contributed by atoms with van der Waals surface area (Å²) in [5.41, 5.74) is 2.39. The second kappa shape index (κ2) is 6.28. The summed E-state index contributed by atoms with van der Waals surface area (Å²) in [6.07, 6.45) is 10.1. The number of hydrogen-bond donors (Lipinski definition) is 0. The van der Waals surface area contributed by atoms with Crippen molar-refractivity contribution >= 4 is 0 Å². The Hall–Kier alpha value is -1.95. The lowest BCUT2D eigenvalue weighted by Gasteiger charge is -2.39. The first-order valence-corrected chi connectivity index (χ1v) is 8.56. The molecule has 0 amide bonds. The number of rotatable bonds is 5. The van der Waals surface area contributed by atoms with E-state index in [1.807, 2.05) is 24.8 Å². The zero-order valence-electron chi connectivity index (χ0n) is 13.4. The third kappa shape index (κ3) is 3.22. The van der Waals surface area contributed by atoms with E-state index in [4.69, 9.17) is 0 Å². The third-order valence-electron chi connectivity index (χ3n) is 4.97. The molecule has 0 radical (unpaired) electrons. The van der Waals surface area contributed by atoms with Gasteiger partial charge < -0.3 is 9.47 Å². The van der Waals surface area contributed by atoms with Crippen LogP contribution in [-0.4, -0.2) is 43.9 Å². The van der Waals surface area contributed by atoms with Crippen LogP contribution >= 0.6 is 0 Å². The molecule has 0 unspecified atom stereocenters. The van der Waals surface area contributed by atoms with E-state index in [0.29, 0.717) is 5.92 Å². The molecule has 0 N–H and O–H groups in total. The normalized spacial score (nSPS) is 18.6. The highest BCUT2D eigenvalue weighted by Gasteiger charge is 2.27. The molecule has 3 heterocycles. The predicted molar refractivity (Wildman–Crippen MR) is 87.3 cm³/mol. The predicted octanol–water partition coefficient (Wildman–Crippen LogP) is 0.951. The van der Waals surface area contributed by atoms with E-state index >= 15 is 0 Å². The van der Waals surface area contributed by atoms with E-state index in [1.165, 1.54) is 18.4 Å². The minimum Gasteiger partial charge on any atom is -0.336 e. The minimum atomic E-state index is 0.0718.